The van der Waals surface area contributed by atoms with Gasteiger partial charge in [0.25, 0.3) is 5.69 Å². The molecular weight excluding hydrogens is 223 g/mol. The molecule has 0 amide bonds. The molecule has 0 saturated carbocycles. The third-order valence-electron chi connectivity index (χ3n) is 2.39. The molecule has 0 aliphatic heterocycles. The normalized spacial score (nSPS) is 10.2. The summed E-state index contributed by atoms with van der Waals surface area (Å²) in [6, 6.07) is 10.0. The third-order valence-corrected chi connectivity index (χ3v) is 2.39. The lowest BCUT2D eigenvalue weighted by Gasteiger charge is -2.04. The number of hydrogen-bond acceptors (Lipinski definition) is 3. The van der Waals surface area contributed by atoms with E-state index >= 15 is 0 Å². The zero-order valence-electron chi connectivity index (χ0n) is 8.76. The fourth-order valence-electron chi connectivity index (χ4n) is 1.60. The van der Waals surface area contributed by atoms with Crippen molar-refractivity contribution in [3.8, 4) is 11.1 Å². The van der Waals surface area contributed by atoms with Gasteiger partial charge >= 0.3 is 0 Å². The van der Waals surface area contributed by atoms with Crippen molar-refractivity contribution in [1.82, 2.24) is 0 Å². The molecule has 0 heterocycles. The van der Waals surface area contributed by atoms with Crippen molar-refractivity contribution in [1.29, 1.82) is 0 Å². The summed E-state index contributed by atoms with van der Waals surface area (Å²) >= 11 is 0. The van der Waals surface area contributed by atoms with Crippen LogP contribution < -0.4 is 5.73 Å². The van der Waals surface area contributed by atoms with Crippen LogP contribution in [-0.2, 0) is 0 Å². The molecule has 5 heteroatoms. The van der Waals surface area contributed by atoms with E-state index in [4.69, 9.17) is 5.73 Å². The highest BCUT2D eigenvalue weighted by Crippen LogP contribution is 2.32. The fourth-order valence-corrected chi connectivity index (χ4v) is 1.60. The number of nitrogens with two attached hydrogens (primary N) is 1. The van der Waals surface area contributed by atoms with Crippen molar-refractivity contribution in [2.24, 2.45) is 0 Å². The number of halogens is 1. The maximum absolute atomic E-state index is 13.7. The second-order valence-electron chi connectivity index (χ2n) is 3.51. The van der Waals surface area contributed by atoms with Gasteiger partial charge in [0.05, 0.1) is 10.5 Å². The summed E-state index contributed by atoms with van der Waals surface area (Å²) in [5.41, 5.74) is 6.20. The monoisotopic (exact) mass is 232 g/mol. The molecular formula is C12H9FN2O2. The molecule has 2 aromatic carbocycles. The maximum Gasteiger partial charge on any atom is 0.280 e. The first-order valence-electron chi connectivity index (χ1n) is 4.88. The van der Waals surface area contributed by atoms with Crippen LogP contribution in [0.15, 0.2) is 42.5 Å². The summed E-state index contributed by atoms with van der Waals surface area (Å²) in [6.07, 6.45) is 0. The van der Waals surface area contributed by atoms with Crippen LogP contribution in [0.25, 0.3) is 11.1 Å². The average Bonchev–Trinajstić information content (AvgIpc) is 2.30. The van der Waals surface area contributed by atoms with Gasteiger partial charge in [-0.25, -0.2) is 4.39 Å². The minimum atomic E-state index is -0.621. The second kappa shape index (κ2) is 4.21. The van der Waals surface area contributed by atoms with E-state index in [9.17, 15) is 14.5 Å². The Bertz CT molecular complexity index is 567. The first kappa shape index (κ1) is 11.1. The molecule has 0 aliphatic carbocycles. The molecule has 2 N–H and O–H groups in total. The number of nitrogen functional groups attached to an aromatic ring is 1. The first-order chi connectivity index (χ1) is 8.09. The SMILES string of the molecule is Nc1ccc(-c2c(F)cccc2[N+](=O)[O-])cc1. The molecule has 17 heavy (non-hydrogen) atoms. The number of rotatable bonds is 2. The molecule has 0 radical (unpaired) electrons. The van der Waals surface area contributed by atoms with Gasteiger partial charge in [-0.3, -0.25) is 10.1 Å². The van der Waals surface area contributed by atoms with E-state index in [0.717, 1.165) is 0 Å². The van der Waals surface area contributed by atoms with E-state index in [-0.39, 0.29) is 11.3 Å². The van der Waals surface area contributed by atoms with E-state index in [1.165, 1.54) is 18.2 Å². The number of hydrogen-bond donors (Lipinski definition) is 1. The van der Waals surface area contributed by atoms with Crippen LogP contribution in [0.3, 0.4) is 0 Å². The van der Waals surface area contributed by atoms with Crippen molar-refractivity contribution < 1.29 is 9.31 Å². The summed E-state index contributed by atoms with van der Waals surface area (Å²) in [7, 11) is 0. The van der Waals surface area contributed by atoms with Gasteiger partial charge in [-0.2, -0.15) is 0 Å². The Morgan fingerprint density at radius 2 is 1.76 bits per heavy atom. The zero-order valence-corrected chi connectivity index (χ0v) is 8.76. The molecule has 0 aliphatic rings. The van der Waals surface area contributed by atoms with Crippen LogP contribution in [0.5, 0.6) is 0 Å². The molecule has 0 bridgehead atoms. The van der Waals surface area contributed by atoms with Gasteiger partial charge in [0, 0.05) is 11.8 Å². The molecule has 4 nitrogen and oxygen atoms in total. The molecule has 0 unspecified atom stereocenters. The second-order valence-corrected chi connectivity index (χ2v) is 3.51. The molecule has 0 aromatic heterocycles. The maximum atomic E-state index is 13.7. The largest absolute Gasteiger partial charge is 0.399 e. The number of nitro benzene ring substituents is 1. The molecule has 2 rings (SSSR count). The quantitative estimate of drug-likeness (QED) is 0.491. The van der Waals surface area contributed by atoms with Gasteiger partial charge in [-0.15, -0.1) is 0 Å². The predicted octanol–water partition coefficient (Wildman–Crippen LogP) is 2.98. The molecule has 0 spiro atoms. The van der Waals surface area contributed by atoms with Crippen molar-refractivity contribution in [2.45, 2.75) is 0 Å². The van der Waals surface area contributed by atoms with Gasteiger partial charge < -0.3 is 5.73 Å². The highest BCUT2D eigenvalue weighted by Gasteiger charge is 2.18. The summed E-state index contributed by atoms with van der Waals surface area (Å²) in [6.45, 7) is 0. The van der Waals surface area contributed by atoms with E-state index in [0.29, 0.717) is 11.3 Å². The van der Waals surface area contributed by atoms with Crippen LogP contribution in [0, 0.1) is 15.9 Å². The Morgan fingerprint density at radius 3 is 2.35 bits per heavy atom. The number of benzene rings is 2. The number of anilines is 1. The molecule has 86 valence electrons. The van der Waals surface area contributed by atoms with Crippen molar-refractivity contribution in [3.05, 3.63) is 58.4 Å². The molecule has 2 aromatic rings. The van der Waals surface area contributed by atoms with Crippen molar-refractivity contribution in [3.63, 3.8) is 0 Å². The standard InChI is InChI=1S/C12H9FN2O2/c13-10-2-1-3-11(15(16)17)12(10)8-4-6-9(14)7-5-8/h1-7H,14H2. The van der Waals surface area contributed by atoms with Crippen LogP contribution >= 0.6 is 0 Å². The van der Waals surface area contributed by atoms with Gasteiger partial charge in [-0.1, -0.05) is 18.2 Å². The lowest BCUT2D eigenvalue weighted by molar-refractivity contribution is -0.384. The average molecular weight is 232 g/mol. The Hall–Kier alpha value is -2.43. The summed E-state index contributed by atoms with van der Waals surface area (Å²) < 4.78 is 13.7. The smallest absolute Gasteiger partial charge is 0.280 e. The zero-order chi connectivity index (χ0) is 12.4. The lowest BCUT2D eigenvalue weighted by Crippen LogP contribution is -1.95. The van der Waals surface area contributed by atoms with Crippen LogP contribution in [0.4, 0.5) is 15.8 Å². The van der Waals surface area contributed by atoms with Crippen molar-refractivity contribution in [2.75, 3.05) is 5.73 Å². The van der Waals surface area contributed by atoms with Crippen LogP contribution in [0.1, 0.15) is 0 Å². The first-order valence-corrected chi connectivity index (χ1v) is 4.88. The fraction of sp³-hybridized carbons (Fsp3) is 0. The van der Waals surface area contributed by atoms with E-state index in [1.807, 2.05) is 0 Å². The van der Waals surface area contributed by atoms with E-state index in [1.54, 1.807) is 24.3 Å². The highest BCUT2D eigenvalue weighted by atomic mass is 19.1. The molecule has 0 fully saturated rings. The Labute approximate surface area is 96.6 Å². The van der Waals surface area contributed by atoms with Gasteiger partial charge in [0.15, 0.2) is 0 Å². The van der Waals surface area contributed by atoms with Crippen LogP contribution in [0.2, 0.25) is 0 Å². The van der Waals surface area contributed by atoms with E-state index < -0.39 is 10.7 Å². The summed E-state index contributed by atoms with van der Waals surface area (Å²) in [5.74, 6) is -0.621. The predicted molar refractivity (Wildman–Crippen MR) is 62.9 cm³/mol. The number of nitrogens with zero attached hydrogens (tertiary/aromatic N) is 1. The number of nitro groups is 1. The third kappa shape index (κ3) is 2.08. The summed E-state index contributed by atoms with van der Waals surface area (Å²) in [4.78, 5) is 10.2. The Kier molecular flexibility index (Phi) is 2.74. The summed E-state index contributed by atoms with van der Waals surface area (Å²) in [5, 5.41) is 10.8. The minimum Gasteiger partial charge on any atom is -0.399 e. The molecule has 0 saturated heterocycles. The van der Waals surface area contributed by atoms with Gasteiger partial charge in [-0.05, 0) is 23.8 Å². The van der Waals surface area contributed by atoms with Gasteiger partial charge in [0.2, 0.25) is 0 Å². The topological polar surface area (TPSA) is 69.2 Å². The van der Waals surface area contributed by atoms with Crippen LogP contribution in [-0.4, -0.2) is 4.92 Å². The van der Waals surface area contributed by atoms with Crippen molar-refractivity contribution >= 4 is 11.4 Å². The van der Waals surface area contributed by atoms with Gasteiger partial charge in [0.1, 0.15) is 5.82 Å². The highest BCUT2D eigenvalue weighted by molar-refractivity contribution is 5.74. The minimum absolute atomic E-state index is 0.0162. The lowest BCUT2D eigenvalue weighted by atomic mass is 10.0. The Balaban J connectivity index is 2.65. The van der Waals surface area contributed by atoms with E-state index in [2.05, 4.69) is 0 Å². The Morgan fingerprint density at radius 1 is 1.12 bits per heavy atom. The molecule has 0 atom stereocenters.